The normalized spacial score (nSPS) is 27.9. The molecule has 0 saturated carbocycles. The van der Waals surface area contributed by atoms with E-state index in [2.05, 4.69) is 17.0 Å². The van der Waals surface area contributed by atoms with Gasteiger partial charge in [0.2, 0.25) is 0 Å². The molecule has 1 aromatic rings. The highest BCUT2D eigenvalue weighted by Crippen LogP contribution is 2.15. The highest BCUT2D eigenvalue weighted by Gasteiger charge is 2.24. The predicted molar refractivity (Wildman–Crippen MR) is 59.2 cm³/mol. The molecule has 82 valence electrons. The summed E-state index contributed by atoms with van der Waals surface area (Å²) in [4.78, 5) is 2.09. The number of rotatable bonds is 2. The first-order valence-electron chi connectivity index (χ1n) is 5.40. The number of halogens is 1. The van der Waals surface area contributed by atoms with Gasteiger partial charge in [0, 0.05) is 25.7 Å². The average molecular weight is 208 g/mol. The molecule has 2 N–H and O–H groups in total. The van der Waals surface area contributed by atoms with E-state index in [1.165, 1.54) is 5.56 Å². The number of hydrogen-bond acceptors (Lipinski definition) is 2. The molecular formula is C12H17FN2. The highest BCUT2D eigenvalue weighted by atomic mass is 19.1. The van der Waals surface area contributed by atoms with Crippen molar-refractivity contribution in [1.82, 2.24) is 4.90 Å². The van der Waals surface area contributed by atoms with Gasteiger partial charge in [-0.15, -0.1) is 0 Å². The zero-order valence-corrected chi connectivity index (χ0v) is 8.77. The lowest BCUT2D eigenvalue weighted by atomic mass is 10.0. The predicted octanol–water partition coefficient (Wildman–Crippen LogP) is 1.56. The van der Waals surface area contributed by atoms with Crippen LogP contribution in [0.3, 0.4) is 0 Å². The molecule has 0 aromatic heterocycles. The van der Waals surface area contributed by atoms with Crippen LogP contribution in [-0.4, -0.2) is 30.2 Å². The summed E-state index contributed by atoms with van der Waals surface area (Å²) in [6.45, 7) is 2.12. The zero-order valence-electron chi connectivity index (χ0n) is 8.77. The number of likely N-dealkylation sites (tertiary alicyclic amines) is 1. The van der Waals surface area contributed by atoms with Crippen molar-refractivity contribution in [2.75, 3.05) is 13.1 Å². The van der Waals surface area contributed by atoms with Crippen molar-refractivity contribution in [2.45, 2.75) is 25.2 Å². The number of hydrogen-bond donors (Lipinski definition) is 1. The summed E-state index contributed by atoms with van der Waals surface area (Å²) < 4.78 is 13.3. The molecule has 1 fully saturated rings. The molecule has 0 aliphatic carbocycles. The van der Waals surface area contributed by atoms with Gasteiger partial charge >= 0.3 is 0 Å². The zero-order chi connectivity index (χ0) is 10.7. The quantitative estimate of drug-likeness (QED) is 0.799. The number of benzene rings is 1. The Kier molecular flexibility index (Phi) is 3.34. The van der Waals surface area contributed by atoms with E-state index in [-0.39, 0.29) is 6.04 Å². The summed E-state index contributed by atoms with van der Waals surface area (Å²) >= 11 is 0. The fourth-order valence-corrected chi connectivity index (χ4v) is 2.13. The molecule has 0 bridgehead atoms. The Bertz CT molecular complexity index is 292. The van der Waals surface area contributed by atoms with Crippen molar-refractivity contribution < 1.29 is 4.39 Å². The van der Waals surface area contributed by atoms with E-state index in [9.17, 15) is 4.39 Å². The molecule has 0 radical (unpaired) electrons. The van der Waals surface area contributed by atoms with Crippen LogP contribution in [-0.2, 0) is 6.54 Å². The largest absolute Gasteiger partial charge is 0.326 e. The fourth-order valence-electron chi connectivity index (χ4n) is 2.13. The maximum absolute atomic E-state index is 13.3. The van der Waals surface area contributed by atoms with E-state index >= 15 is 0 Å². The van der Waals surface area contributed by atoms with E-state index in [1.54, 1.807) is 0 Å². The highest BCUT2D eigenvalue weighted by molar-refractivity contribution is 5.14. The summed E-state index contributed by atoms with van der Waals surface area (Å²) in [5.74, 6) is 0. The van der Waals surface area contributed by atoms with Gasteiger partial charge in [-0.25, -0.2) is 4.39 Å². The van der Waals surface area contributed by atoms with E-state index in [1.807, 2.05) is 18.2 Å². The third kappa shape index (κ3) is 3.01. The maximum Gasteiger partial charge on any atom is 0.114 e. The van der Waals surface area contributed by atoms with Crippen molar-refractivity contribution >= 4 is 0 Å². The summed E-state index contributed by atoms with van der Waals surface area (Å²) in [7, 11) is 0. The number of piperidine rings is 1. The minimum absolute atomic E-state index is 0.0162. The van der Waals surface area contributed by atoms with Crippen LogP contribution in [0.4, 0.5) is 4.39 Å². The van der Waals surface area contributed by atoms with Gasteiger partial charge in [0.05, 0.1) is 0 Å². The smallest absolute Gasteiger partial charge is 0.114 e. The van der Waals surface area contributed by atoms with Crippen molar-refractivity contribution in [3.63, 3.8) is 0 Å². The average Bonchev–Trinajstić information content (AvgIpc) is 2.17. The molecule has 2 atom stereocenters. The van der Waals surface area contributed by atoms with Crippen molar-refractivity contribution in [3.8, 4) is 0 Å². The first kappa shape index (κ1) is 10.6. The van der Waals surface area contributed by atoms with E-state index in [0.717, 1.165) is 13.1 Å². The van der Waals surface area contributed by atoms with Crippen molar-refractivity contribution in [1.29, 1.82) is 0 Å². The molecule has 1 saturated heterocycles. The molecular weight excluding hydrogens is 191 g/mol. The Labute approximate surface area is 89.9 Å². The fraction of sp³-hybridized carbons (Fsp3) is 0.500. The first-order chi connectivity index (χ1) is 7.24. The molecule has 3 heteroatoms. The minimum Gasteiger partial charge on any atom is -0.326 e. The minimum atomic E-state index is -0.766. The van der Waals surface area contributed by atoms with Gasteiger partial charge in [-0.05, 0) is 12.0 Å². The topological polar surface area (TPSA) is 29.3 Å². The van der Waals surface area contributed by atoms with Gasteiger partial charge in [-0.2, -0.15) is 0 Å². The third-order valence-corrected chi connectivity index (χ3v) is 2.76. The Morgan fingerprint density at radius 2 is 2.00 bits per heavy atom. The lowest BCUT2D eigenvalue weighted by Crippen LogP contribution is -2.47. The molecule has 0 unspecified atom stereocenters. The second-order valence-electron chi connectivity index (χ2n) is 4.27. The van der Waals surface area contributed by atoms with Crippen molar-refractivity contribution in [3.05, 3.63) is 35.9 Å². The molecule has 1 aromatic carbocycles. The second kappa shape index (κ2) is 4.73. The van der Waals surface area contributed by atoms with Crippen LogP contribution >= 0.6 is 0 Å². The van der Waals surface area contributed by atoms with Crippen LogP contribution < -0.4 is 5.73 Å². The molecule has 0 spiro atoms. The Morgan fingerprint density at radius 3 is 2.67 bits per heavy atom. The Balaban J connectivity index is 1.94. The van der Waals surface area contributed by atoms with Crippen LogP contribution in [0.5, 0.6) is 0 Å². The van der Waals surface area contributed by atoms with Crippen LogP contribution in [0.15, 0.2) is 30.3 Å². The van der Waals surface area contributed by atoms with Crippen LogP contribution in [0.25, 0.3) is 0 Å². The van der Waals surface area contributed by atoms with Crippen molar-refractivity contribution in [2.24, 2.45) is 5.73 Å². The lowest BCUT2D eigenvalue weighted by molar-refractivity contribution is 0.118. The second-order valence-corrected chi connectivity index (χ2v) is 4.27. The molecule has 1 aliphatic rings. The standard InChI is InChI=1S/C12H17FN2/c13-11-6-12(14)9-15(8-11)7-10-4-2-1-3-5-10/h1-5,11-12H,6-9,14H2/t11-,12+/m1/s1. The van der Waals surface area contributed by atoms with E-state index in [0.29, 0.717) is 13.0 Å². The summed E-state index contributed by atoms with van der Waals surface area (Å²) in [6, 6.07) is 10.1. The molecule has 1 heterocycles. The Morgan fingerprint density at radius 1 is 1.27 bits per heavy atom. The van der Waals surface area contributed by atoms with Gasteiger partial charge < -0.3 is 5.73 Å². The van der Waals surface area contributed by atoms with Gasteiger partial charge in [0.15, 0.2) is 0 Å². The molecule has 15 heavy (non-hydrogen) atoms. The number of nitrogens with two attached hydrogens (primary N) is 1. The maximum atomic E-state index is 13.3. The molecule has 0 amide bonds. The third-order valence-electron chi connectivity index (χ3n) is 2.76. The van der Waals surface area contributed by atoms with Crippen LogP contribution in [0, 0.1) is 0 Å². The van der Waals surface area contributed by atoms with Crippen LogP contribution in [0.2, 0.25) is 0 Å². The van der Waals surface area contributed by atoms with Gasteiger partial charge in [0.25, 0.3) is 0 Å². The summed E-state index contributed by atoms with van der Waals surface area (Å²) in [6.07, 6.45) is -0.261. The molecule has 2 rings (SSSR count). The van der Waals surface area contributed by atoms with Crippen LogP contribution in [0.1, 0.15) is 12.0 Å². The van der Waals surface area contributed by atoms with Gasteiger partial charge in [-0.3, -0.25) is 4.90 Å². The Hall–Kier alpha value is -0.930. The lowest BCUT2D eigenvalue weighted by Gasteiger charge is -2.32. The number of nitrogens with zero attached hydrogens (tertiary/aromatic N) is 1. The van der Waals surface area contributed by atoms with E-state index < -0.39 is 6.17 Å². The summed E-state index contributed by atoms with van der Waals surface area (Å²) in [5, 5.41) is 0. The summed E-state index contributed by atoms with van der Waals surface area (Å²) in [5.41, 5.74) is 7.01. The van der Waals surface area contributed by atoms with Gasteiger partial charge in [0.1, 0.15) is 6.17 Å². The van der Waals surface area contributed by atoms with E-state index in [4.69, 9.17) is 5.73 Å². The van der Waals surface area contributed by atoms with Gasteiger partial charge in [-0.1, -0.05) is 30.3 Å². The molecule has 1 aliphatic heterocycles. The first-order valence-corrected chi connectivity index (χ1v) is 5.40. The monoisotopic (exact) mass is 208 g/mol. The SMILES string of the molecule is N[C@H]1C[C@@H](F)CN(Cc2ccccc2)C1. The number of alkyl halides is 1. The molecule has 2 nitrogen and oxygen atoms in total.